The van der Waals surface area contributed by atoms with Crippen LogP contribution in [0.2, 0.25) is 0 Å². The van der Waals surface area contributed by atoms with Crippen molar-refractivity contribution in [1.82, 2.24) is 0 Å². The second kappa shape index (κ2) is 11.5. The van der Waals surface area contributed by atoms with Gasteiger partial charge in [-0.1, -0.05) is 41.5 Å². The van der Waals surface area contributed by atoms with Crippen LogP contribution in [-0.2, 0) is 33.3 Å². The highest BCUT2D eigenvalue weighted by molar-refractivity contribution is 5.78. The Kier molecular flexibility index (Phi) is 10.9. The molecular weight excluding hydrogens is 376 g/mol. The van der Waals surface area contributed by atoms with Crippen LogP contribution >= 0.6 is 0 Å². The largest absolute Gasteiger partial charge is 0.465 e. The number of hydrogen-bond donors (Lipinski definition) is 0. The molecule has 0 amide bonds. The molecule has 0 N–H and O–H groups in total. The van der Waals surface area contributed by atoms with Gasteiger partial charge in [-0.15, -0.1) is 0 Å². The standard InChI is InChI=1S/C22H40O7/c1-10-21(6,7)22(8,15-20(3,4)5)19(25)28-14-11-17(23)27-13-12-18(24)29-16(2)26-9/h16H,10-15H2,1-9H3. The summed E-state index contributed by atoms with van der Waals surface area (Å²) < 4.78 is 20.2. The van der Waals surface area contributed by atoms with Crippen LogP contribution in [0.4, 0.5) is 0 Å². The summed E-state index contributed by atoms with van der Waals surface area (Å²) in [6.07, 6.45) is 0.731. The Labute approximate surface area is 175 Å². The van der Waals surface area contributed by atoms with E-state index in [2.05, 4.69) is 41.5 Å². The zero-order chi connectivity index (χ0) is 22.9. The number of rotatable bonds is 12. The molecule has 0 bridgehead atoms. The lowest BCUT2D eigenvalue weighted by Gasteiger charge is -2.45. The van der Waals surface area contributed by atoms with Crippen molar-refractivity contribution in [3.8, 4) is 0 Å². The first-order valence-corrected chi connectivity index (χ1v) is 10.2. The van der Waals surface area contributed by atoms with Gasteiger partial charge >= 0.3 is 17.9 Å². The first-order chi connectivity index (χ1) is 13.2. The van der Waals surface area contributed by atoms with Crippen molar-refractivity contribution in [3.05, 3.63) is 0 Å². The number of carbonyl (C=O) groups is 3. The SMILES string of the molecule is CCC(C)(C)C(C)(CC(C)(C)C)C(=O)OCCC(=O)OCCC(=O)OC(C)OC. The van der Waals surface area contributed by atoms with Crippen LogP contribution in [0.1, 0.15) is 81.1 Å². The summed E-state index contributed by atoms with van der Waals surface area (Å²) in [7, 11) is 1.42. The molecule has 0 aliphatic heterocycles. The van der Waals surface area contributed by atoms with E-state index in [0.29, 0.717) is 6.42 Å². The first kappa shape index (κ1) is 27.4. The van der Waals surface area contributed by atoms with Gasteiger partial charge < -0.3 is 18.9 Å². The van der Waals surface area contributed by atoms with Gasteiger partial charge in [0.15, 0.2) is 6.29 Å². The van der Waals surface area contributed by atoms with Crippen molar-refractivity contribution in [2.24, 2.45) is 16.2 Å². The molecule has 0 rings (SSSR count). The average Bonchev–Trinajstić information content (AvgIpc) is 2.59. The first-order valence-electron chi connectivity index (χ1n) is 10.2. The highest BCUT2D eigenvalue weighted by atomic mass is 16.7. The highest BCUT2D eigenvalue weighted by Crippen LogP contribution is 2.49. The molecule has 0 aromatic rings. The number of ether oxygens (including phenoxy) is 4. The van der Waals surface area contributed by atoms with E-state index in [-0.39, 0.29) is 42.9 Å². The lowest BCUT2D eigenvalue weighted by atomic mass is 9.59. The summed E-state index contributed by atoms with van der Waals surface area (Å²) in [5, 5.41) is 0. The zero-order valence-corrected chi connectivity index (χ0v) is 19.7. The van der Waals surface area contributed by atoms with E-state index in [0.717, 1.165) is 6.42 Å². The fourth-order valence-electron chi connectivity index (χ4n) is 3.04. The molecule has 2 atom stereocenters. The van der Waals surface area contributed by atoms with E-state index >= 15 is 0 Å². The van der Waals surface area contributed by atoms with Gasteiger partial charge in [-0.3, -0.25) is 14.4 Å². The molecule has 0 saturated carbocycles. The van der Waals surface area contributed by atoms with Crippen LogP contribution < -0.4 is 0 Å². The molecule has 29 heavy (non-hydrogen) atoms. The Morgan fingerprint density at radius 2 is 1.38 bits per heavy atom. The average molecular weight is 417 g/mol. The minimum atomic E-state index is -0.675. The molecule has 170 valence electrons. The minimum Gasteiger partial charge on any atom is -0.465 e. The monoisotopic (exact) mass is 416 g/mol. The van der Waals surface area contributed by atoms with Crippen molar-refractivity contribution in [2.45, 2.75) is 87.4 Å². The molecule has 0 radical (unpaired) electrons. The highest BCUT2D eigenvalue weighted by Gasteiger charge is 2.49. The lowest BCUT2D eigenvalue weighted by Crippen LogP contribution is -2.45. The summed E-state index contributed by atoms with van der Waals surface area (Å²) in [6, 6.07) is 0. The second-order valence-electron chi connectivity index (χ2n) is 9.46. The third-order valence-corrected chi connectivity index (χ3v) is 5.45. The minimum absolute atomic E-state index is 0.0476. The predicted molar refractivity (Wildman–Crippen MR) is 110 cm³/mol. The molecule has 0 fully saturated rings. The van der Waals surface area contributed by atoms with Gasteiger partial charge in [0.05, 0.1) is 18.3 Å². The molecule has 0 aromatic carbocycles. The molecule has 7 nitrogen and oxygen atoms in total. The van der Waals surface area contributed by atoms with Crippen LogP contribution in [0, 0.1) is 16.2 Å². The molecule has 7 heteroatoms. The van der Waals surface area contributed by atoms with Gasteiger partial charge in [-0.05, 0) is 37.5 Å². The molecule has 0 heterocycles. The molecule has 0 aliphatic rings. The summed E-state index contributed by atoms with van der Waals surface area (Å²) >= 11 is 0. The summed E-state index contributed by atoms with van der Waals surface area (Å²) in [5.74, 6) is -1.35. The topological polar surface area (TPSA) is 88.1 Å². The Hall–Kier alpha value is -1.63. The van der Waals surface area contributed by atoms with Crippen molar-refractivity contribution in [3.63, 3.8) is 0 Å². The van der Waals surface area contributed by atoms with Crippen LogP contribution in [0.3, 0.4) is 0 Å². The van der Waals surface area contributed by atoms with Crippen molar-refractivity contribution in [2.75, 3.05) is 20.3 Å². The Morgan fingerprint density at radius 3 is 1.86 bits per heavy atom. The number of hydrogen-bond acceptors (Lipinski definition) is 7. The Balaban J connectivity index is 4.56. The fourth-order valence-corrected chi connectivity index (χ4v) is 3.04. The van der Waals surface area contributed by atoms with Crippen LogP contribution in [0.25, 0.3) is 0 Å². The molecule has 0 aromatic heterocycles. The molecule has 0 spiro atoms. The third kappa shape index (κ3) is 9.61. The molecule has 0 saturated heterocycles. The maximum Gasteiger partial charge on any atom is 0.312 e. The number of esters is 3. The van der Waals surface area contributed by atoms with E-state index in [1.165, 1.54) is 7.11 Å². The van der Waals surface area contributed by atoms with E-state index in [4.69, 9.17) is 18.9 Å². The quantitative estimate of drug-likeness (QED) is 0.267. The number of methoxy groups -OCH3 is 1. The maximum absolute atomic E-state index is 12.9. The Morgan fingerprint density at radius 1 is 0.862 bits per heavy atom. The fraction of sp³-hybridized carbons (Fsp3) is 0.864. The maximum atomic E-state index is 12.9. The van der Waals surface area contributed by atoms with Gasteiger partial charge in [0.25, 0.3) is 0 Å². The van der Waals surface area contributed by atoms with Crippen LogP contribution in [-0.4, -0.2) is 44.5 Å². The molecular formula is C22H40O7. The second-order valence-corrected chi connectivity index (χ2v) is 9.46. The number of carbonyl (C=O) groups excluding carboxylic acids is 3. The Bertz CT molecular complexity index is 548. The van der Waals surface area contributed by atoms with Gasteiger partial charge in [-0.2, -0.15) is 0 Å². The summed E-state index contributed by atoms with van der Waals surface area (Å²) in [5.41, 5.74) is -0.975. The molecule has 0 aliphatic carbocycles. The van der Waals surface area contributed by atoms with Crippen molar-refractivity contribution in [1.29, 1.82) is 0 Å². The van der Waals surface area contributed by atoms with E-state index < -0.39 is 23.6 Å². The summed E-state index contributed by atoms with van der Waals surface area (Å²) in [4.78, 5) is 36.2. The van der Waals surface area contributed by atoms with E-state index in [1.54, 1.807) is 6.92 Å². The third-order valence-electron chi connectivity index (χ3n) is 5.45. The van der Waals surface area contributed by atoms with Gasteiger partial charge in [0.1, 0.15) is 13.2 Å². The molecule has 2 unspecified atom stereocenters. The van der Waals surface area contributed by atoms with E-state index in [9.17, 15) is 14.4 Å². The lowest BCUT2D eigenvalue weighted by molar-refractivity contribution is -0.171. The smallest absolute Gasteiger partial charge is 0.312 e. The van der Waals surface area contributed by atoms with Gasteiger partial charge in [0.2, 0.25) is 0 Å². The zero-order valence-electron chi connectivity index (χ0n) is 19.7. The van der Waals surface area contributed by atoms with Gasteiger partial charge in [-0.25, -0.2) is 0 Å². The summed E-state index contributed by atoms with van der Waals surface area (Å²) in [6.45, 7) is 15.9. The van der Waals surface area contributed by atoms with Gasteiger partial charge in [0, 0.05) is 7.11 Å². The van der Waals surface area contributed by atoms with E-state index in [1.807, 2.05) is 6.92 Å². The van der Waals surface area contributed by atoms with Crippen LogP contribution in [0.15, 0.2) is 0 Å². The van der Waals surface area contributed by atoms with Crippen molar-refractivity contribution < 1.29 is 33.3 Å². The van der Waals surface area contributed by atoms with Crippen molar-refractivity contribution >= 4 is 17.9 Å². The predicted octanol–water partition coefficient (Wildman–Crippen LogP) is 4.27. The normalized spacial score (nSPS) is 15.2. The van der Waals surface area contributed by atoms with Crippen LogP contribution in [0.5, 0.6) is 0 Å².